The first-order valence-electron chi connectivity index (χ1n) is 11.7. The van der Waals surface area contributed by atoms with Gasteiger partial charge in [0.05, 0.1) is 11.6 Å². The first-order chi connectivity index (χ1) is 16.7. The number of fused-ring (bicyclic) bond motifs is 1. The van der Waals surface area contributed by atoms with E-state index in [0.717, 1.165) is 10.8 Å². The quantitative estimate of drug-likeness (QED) is 0.524. The van der Waals surface area contributed by atoms with Crippen molar-refractivity contribution in [2.75, 3.05) is 18.4 Å². The number of nitrogens with zero attached hydrogens (tertiary/aromatic N) is 2. The molecule has 0 aromatic heterocycles. The third kappa shape index (κ3) is 6.10. The fraction of sp³-hybridized carbons (Fsp3) is 0.321. The van der Waals surface area contributed by atoms with E-state index >= 15 is 0 Å². The van der Waals surface area contributed by atoms with Crippen molar-refractivity contribution >= 4 is 28.5 Å². The fourth-order valence-corrected chi connectivity index (χ4v) is 4.02. The zero-order valence-corrected chi connectivity index (χ0v) is 20.2. The third-order valence-corrected chi connectivity index (χ3v) is 5.72. The topological polar surface area (TPSA) is 91.7 Å². The molecule has 0 unspecified atom stereocenters. The van der Waals surface area contributed by atoms with Crippen LogP contribution in [0.4, 0.5) is 10.5 Å². The molecular weight excluding hydrogens is 442 g/mol. The summed E-state index contributed by atoms with van der Waals surface area (Å²) in [6.07, 6.45) is 0.875. The number of rotatable bonds is 4. The number of nitrogens with one attached hydrogen (secondary N) is 1. The Morgan fingerprint density at radius 3 is 2.40 bits per heavy atom. The van der Waals surface area contributed by atoms with Crippen LogP contribution in [0.25, 0.3) is 10.8 Å². The van der Waals surface area contributed by atoms with Crippen molar-refractivity contribution in [2.24, 2.45) is 0 Å². The van der Waals surface area contributed by atoms with Gasteiger partial charge in [0.2, 0.25) is 0 Å². The normalized spacial score (nSPS) is 14.3. The molecule has 7 nitrogen and oxygen atoms in total. The number of para-hydroxylation sites is 1. The molecule has 0 radical (unpaired) electrons. The van der Waals surface area contributed by atoms with Gasteiger partial charge in [0.1, 0.15) is 17.5 Å². The average molecular weight is 472 g/mol. The molecular formula is C28H29N3O4. The van der Waals surface area contributed by atoms with Gasteiger partial charge < -0.3 is 19.7 Å². The summed E-state index contributed by atoms with van der Waals surface area (Å²) in [5.74, 6) is 0.325. The Balaban J connectivity index is 1.54. The second-order valence-electron chi connectivity index (χ2n) is 9.63. The van der Waals surface area contributed by atoms with Crippen LogP contribution in [0.2, 0.25) is 0 Å². The van der Waals surface area contributed by atoms with Crippen molar-refractivity contribution in [3.05, 3.63) is 71.8 Å². The molecule has 0 spiro atoms. The highest BCUT2D eigenvalue weighted by Gasteiger charge is 2.28. The van der Waals surface area contributed by atoms with Crippen LogP contribution in [-0.2, 0) is 4.74 Å². The molecule has 4 rings (SSSR count). The maximum Gasteiger partial charge on any atom is 0.410 e. The maximum atomic E-state index is 13.0. The lowest BCUT2D eigenvalue weighted by atomic mass is 10.0. The Hall–Kier alpha value is -4.05. The molecule has 0 bridgehead atoms. The number of benzene rings is 3. The summed E-state index contributed by atoms with van der Waals surface area (Å²) in [7, 11) is 0. The monoisotopic (exact) mass is 471 g/mol. The van der Waals surface area contributed by atoms with Gasteiger partial charge in [0, 0.05) is 42.6 Å². The highest BCUT2D eigenvalue weighted by Crippen LogP contribution is 2.31. The second-order valence-corrected chi connectivity index (χ2v) is 9.63. The first-order valence-corrected chi connectivity index (χ1v) is 11.7. The second kappa shape index (κ2) is 10.1. The van der Waals surface area contributed by atoms with Crippen LogP contribution < -0.4 is 10.1 Å². The first kappa shape index (κ1) is 24.1. The Bertz CT molecular complexity index is 1270. The van der Waals surface area contributed by atoms with Crippen molar-refractivity contribution in [1.82, 2.24) is 4.90 Å². The highest BCUT2D eigenvalue weighted by atomic mass is 16.6. The smallest absolute Gasteiger partial charge is 0.410 e. The van der Waals surface area contributed by atoms with E-state index in [2.05, 4.69) is 11.4 Å². The van der Waals surface area contributed by atoms with Crippen molar-refractivity contribution in [3.8, 4) is 11.8 Å². The Morgan fingerprint density at radius 2 is 1.74 bits per heavy atom. The van der Waals surface area contributed by atoms with E-state index in [-0.39, 0.29) is 18.1 Å². The number of piperidine rings is 1. The maximum absolute atomic E-state index is 13.0. The van der Waals surface area contributed by atoms with Gasteiger partial charge in [-0.3, -0.25) is 4.79 Å². The molecule has 1 aliphatic heterocycles. The molecule has 1 aliphatic rings. The Morgan fingerprint density at radius 1 is 1.03 bits per heavy atom. The minimum atomic E-state index is -0.535. The largest absolute Gasteiger partial charge is 0.490 e. The van der Waals surface area contributed by atoms with E-state index in [1.54, 1.807) is 29.2 Å². The van der Waals surface area contributed by atoms with Crippen molar-refractivity contribution in [1.29, 1.82) is 5.26 Å². The number of hydrogen-bond donors (Lipinski definition) is 1. The molecule has 3 aromatic rings. The fourth-order valence-electron chi connectivity index (χ4n) is 4.02. The van der Waals surface area contributed by atoms with Crippen molar-refractivity contribution in [2.45, 2.75) is 45.3 Å². The molecule has 0 saturated carbocycles. The molecule has 1 N–H and O–H groups in total. The standard InChI is InChI=1S/C28H29N3O4/c1-28(2,3)35-27(33)31-13-11-23(12-14-31)34-25-17-21(26(32)30-22-7-5-4-6-8-22)16-20-15-19(18-29)9-10-24(20)25/h4-10,15-17,23H,11-14H2,1-3H3,(H,30,32). The summed E-state index contributed by atoms with van der Waals surface area (Å²) in [6, 6.07) is 20.2. The van der Waals surface area contributed by atoms with Gasteiger partial charge in [-0.25, -0.2) is 4.79 Å². The lowest BCUT2D eigenvalue weighted by Gasteiger charge is -2.33. The van der Waals surface area contributed by atoms with Gasteiger partial charge in [0.25, 0.3) is 5.91 Å². The lowest BCUT2D eigenvalue weighted by molar-refractivity contribution is 0.0127. The zero-order valence-electron chi connectivity index (χ0n) is 20.2. The van der Waals surface area contributed by atoms with E-state index in [4.69, 9.17) is 9.47 Å². The Kier molecular flexibility index (Phi) is 6.92. The molecule has 180 valence electrons. The highest BCUT2D eigenvalue weighted by molar-refractivity contribution is 6.07. The van der Waals surface area contributed by atoms with Crippen LogP contribution in [0.15, 0.2) is 60.7 Å². The van der Waals surface area contributed by atoms with Gasteiger partial charge in [-0.05, 0) is 68.6 Å². The molecule has 2 amide bonds. The van der Waals surface area contributed by atoms with Crippen LogP contribution in [-0.4, -0.2) is 41.7 Å². The predicted octanol–water partition coefficient (Wildman–Crippen LogP) is 5.74. The van der Waals surface area contributed by atoms with E-state index in [1.807, 2.05) is 57.2 Å². The lowest BCUT2D eigenvalue weighted by Crippen LogP contribution is -2.44. The number of hydrogen-bond acceptors (Lipinski definition) is 5. The van der Waals surface area contributed by atoms with Crippen LogP contribution in [0.1, 0.15) is 49.5 Å². The summed E-state index contributed by atoms with van der Waals surface area (Å²) in [5.41, 5.74) is 1.11. The summed E-state index contributed by atoms with van der Waals surface area (Å²) in [5, 5.41) is 13.8. The predicted molar refractivity (Wildman–Crippen MR) is 135 cm³/mol. The number of nitriles is 1. The zero-order chi connectivity index (χ0) is 25.0. The van der Waals surface area contributed by atoms with Gasteiger partial charge in [-0.1, -0.05) is 18.2 Å². The van der Waals surface area contributed by atoms with E-state index in [1.165, 1.54) is 0 Å². The van der Waals surface area contributed by atoms with E-state index < -0.39 is 5.60 Å². The number of carbonyl (C=O) groups is 2. The van der Waals surface area contributed by atoms with Crippen LogP contribution in [0.5, 0.6) is 5.75 Å². The summed E-state index contributed by atoms with van der Waals surface area (Å²) < 4.78 is 11.8. The summed E-state index contributed by atoms with van der Waals surface area (Å²) >= 11 is 0. The number of amides is 2. The number of ether oxygens (including phenoxy) is 2. The van der Waals surface area contributed by atoms with E-state index in [0.29, 0.717) is 48.5 Å². The number of carbonyl (C=O) groups excluding carboxylic acids is 2. The van der Waals surface area contributed by atoms with Crippen LogP contribution in [0.3, 0.4) is 0 Å². The molecule has 1 fully saturated rings. The average Bonchev–Trinajstić information content (AvgIpc) is 2.83. The molecule has 0 aliphatic carbocycles. The SMILES string of the molecule is CC(C)(C)OC(=O)N1CCC(Oc2cc(C(=O)Nc3ccccc3)cc3cc(C#N)ccc23)CC1. The van der Waals surface area contributed by atoms with E-state index in [9.17, 15) is 14.9 Å². The minimum absolute atomic E-state index is 0.111. The molecule has 0 atom stereocenters. The molecule has 1 saturated heterocycles. The Labute approximate surface area is 205 Å². The van der Waals surface area contributed by atoms with Gasteiger partial charge in [0.15, 0.2) is 0 Å². The summed E-state index contributed by atoms with van der Waals surface area (Å²) in [6.45, 7) is 6.62. The molecule has 3 aromatic carbocycles. The minimum Gasteiger partial charge on any atom is -0.490 e. The molecule has 35 heavy (non-hydrogen) atoms. The van der Waals surface area contributed by atoms with Gasteiger partial charge in [-0.15, -0.1) is 0 Å². The number of likely N-dealkylation sites (tertiary alicyclic amines) is 1. The van der Waals surface area contributed by atoms with Gasteiger partial charge >= 0.3 is 6.09 Å². The molecule has 7 heteroatoms. The van der Waals surface area contributed by atoms with Crippen LogP contribution >= 0.6 is 0 Å². The van der Waals surface area contributed by atoms with Crippen LogP contribution in [0, 0.1) is 11.3 Å². The van der Waals surface area contributed by atoms with Crippen molar-refractivity contribution < 1.29 is 19.1 Å². The summed E-state index contributed by atoms with van der Waals surface area (Å²) in [4.78, 5) is 27.1. The van der Waals surface area contributed by atoms with Gasteiger partial charge in [-0.2, -0.15) is 5.26 Å². The molecule has 1 heterocycles. The number of anilines is 1. The van der Waals surface area contributed by atoms with Crippen molar-refractivity contribution in [3.63, 3.8) is 0 Å². The third-order valence-electron chi connectivity index (χ3n) is 5.72.